The number of nitrogens with one attached hydrogen (secondary N) is 1. The van der Waals surface area contributed by atoms with Gasteiger partial charge in [0, 0.05) is 10.6 Å². The van der Waals surface area contributed by atoms with Crippen LogP contribution >= 0.6 is 35.0 Å². The average molecular weight is 368 g/mol. The molecule has 2 rings (SSSR count). The van der Waals surface area contributed by atoms with Gasteiger partial charge in [0.2, 0.25) is 5.91 Å². The number of anilines is 1. The van der Waals surface area contributed by atoms with Gasteiger partial charge < -0.3 is 5.32 Å². The lowest BCUT2D eigenvalue weighted by molar-refractivity contribution is -0.113. The number of benzene rings is 2. The summed E-state index contributed by atoms with van der Waals surface area (Å²) >= 11 is 13.6. The fraction of sp³-hybridized carbons (Fsp3) is 0.278. The summed E-state index contributed by atoms with van der Waals surface area (Å²) in [6.07, 6.45) is 1.02. The first-order valence-electron chi connectivity index (χ1n) is 7.48. The molecule has 0 saturated carbocycles. The van der Waals surface area contributed by atoms with Crippen LogP contribution in [-0.2, 0) is 4.79 Å². The van der Waals surface area contributed by atoms with E-state index in [-0.39, 0.29) is 11.7 Å². The standard InChI is InChI=1S/C18H19Cl2NOS/c1-3-12(2)13-7-4-5-10-16(13)21-17(22)11-23-18-14(19)8-6-9-15(18)20/h4-10,12H,3,11H2,1-2H3,(H,21,22)/t12-/m0/s1. The molecule has 2 nitrogen and oxygen atoms in total. The zero-order valence-electron chi connectivity index (χ0n) is 13.1. The molecule has 0 radical (unpaired) electrons. The maximum atomic E-state index is 12.3. The summed E-state index contributed by atoms with van der Waals surface area (Å²) in [5, 5.41) is 4.12. The van der Waals surface area contributed by atoms with E-state index in [0.717, 1.165) is 22.6 Å². The van der Waals surface area contributed by atoms with Gasteiger partial charge in [-0.2, -0.15) is 0 Å². The van der Waals surface area contributed by atoms with Crippen molar-refractivity contribution in [3.63, 3.8) is 0 Å². The predicted molar refractivity (Wildman–Crippen MR) is 101 cm³/mol. The third-order valence-electron chi connectivity index (χ3n) is 3.64. The number of amides is 1. The Kier molecular flexibility index (Phi) is 6.82. The van der Waals surface area contributed by atoms with Gasteiger partial charge in [0.05, 0.1) is 15.8 Å². The van der Waals surface area contributed by atoms with Gasteiger partial charge in [-0.05, 0) is 36.1 Å². The lowest BCUT2D eigenvalue weighted by Crippen LogP contribution is -2.15. The Morgan fingerprint density at radius 3 is 2.43 bits per heavy atom. The van der Waals surface area contributed by atoms with Crippen LogP contribution in [0.3, 0.4) is 0 Å². The van der Waals surface area contributed by atoms with Crippen LogP contribution in [0, 0.1) is 0 Å². The van der Waals surface area contributed by atoms with Crippen LogP contribution in [0.15, 0.2) is 47.4 Å². The van der Waals surface area contributed by atoms with Crippen molar-refractivity contribution in [3.05, 3.63) is 58.1 Å². The van der Waals surface area contributed by atoms with E-state index in [9.17, 15) is 4.79 Å². The van der Waals surface area contributed by atoms with Crippen molar-refractivity contribution in [3.8, 4) is 0 Å². The van der Waals surface area contributed by atoms with Crippen molar-refractivity contribution in [1.82, 2.24) is 0 Å². The smallest absolute Gasteiger partial charge is 0.234 e. The third-order valence-corrected chi connectivity index (χ3v) is 5.63. The summed E-state index contributed by atoms with van der Waals surface area (Å²) in [5.41, 5.74) is 2.03. The van der Waals surface area contributed by atoms with Gasteiger partial charge in [-0.25, -0.2) is 0 Å². The van der Waals surface area contributed by atoms with E-state index in [2.05, 4.69) is 25.2 Å². The number of rotatable bonds is 6. The quantitative estimate of drug-likeness (QED) is 0.612. The Morgan fingerprint density at radius 2 is 1.78 bits per heavy atom. The van der Waals surface area contributed by atoms with Crippen molar-refractivity contribution < 1.29 is 4.79 Å². The molecule has 1 amide bonds. The van der Waals surface area contributed by atoms with E-state index in [4.69, 9.17) is 23.2 Å². The number of thioether (sulfide) groups is 1. The van der Waals surface area contributed by atoms with Crippen molar-refractivity contribution in [2.24, 2.45) is 0 Å². The van der Waals surface area contributed by atoms with Crippen molar-refractivity contribution in [2.45, 2.75) is 31.1 Å². The first-order chi connectivity index (χ1) is 11.0. The number of carbonyl (C=O) groups excluding carboxylic acids is 1. The summed E-state index contributed by atoms with van der Waals surface area (Å²) in [7, 11) is 0. The third kappa shape index (κ3) is 4.90. The van der Waals surface area contributed by atoms with Crippen LogP contribution in [0.1, 0.15) is 31.7 Å². The summed E-state index contributed by atoms with van der Waals surface area (Å²) in [5.74, 6) is 0.595. The normalized spacial score (nSPS) is 12.0. The molecule has 2 aromatic rings. The SMILES string of the molecule is CC[C@H](C)c1ccccc1NC(=O)CSc1c(Cl)cccc1Cl. The van der Waals surface area contributed by atoms with Crippen LogP contribution in [0.25, 0.3) is 0 Å². The van der Waals surface area contributed by atoms with Gasteiger partial charge in [-0.3, -0.25) is 4.79 Å². The first-order valence-corrected chi connectivity index (χ1v) is 9.22. The van der Waals surface area contributed by atoms with E-state index in [1.54, 1.807) is 18.2 Å². The lowest BCUT2D eigenvalue weighted by atomic mass is 9.97. The van der Waals surface area contributed by atoms with Gasteiger partial charge in [-0.1, -0.05) is 61.3 Å². The fourth-order valence-corrected chi connectivity index (χ4v) is 3.69. The second-order valence-corrected chi connectivity index (χ2v) is 7.08. The van der Waals surface area contributed by atoms with Crippen molar-refractivity contribution in [2.75, 3.05) is 11.1 Å². The van der Waals surface area contributed by atoms with Gasteiger partial charge in [-0.15, -0.1) is 11.8 Å². The minimum Gasteiger partial charge on any atom is -0.325 e. The maximum absolute atomic E-state index is 12.3. The van der Waals surface area contributed by atoms with Gasteiger partial charge in [0.1, 0.15) is 0 Å². The fourth-order valence-electron chi connectivity index (χ4n) is 2.20. The molecule has 0 aliphatic carbocycles. The lowest BCUT2D eigenvalue weighted by Gasteiger charge is -2.15. The van der Waals surface area contributed by atoms with E-state index in [1.165, 1.54) is 11.8 Å². The van der Waals surface area contributed by atoms with E-state index in [0.29, 0.717) is 16.0 Å². The number of hydrogen-bond acceptors (Lipinski definition) is 2. The molecule has 0 aromatic heterocycles. The highest BCUT2D eigenvalue weighted by Gasteiger charge is 2.13. The molecule has 0 bridgehead atoms. The maximum Gasteiger partial charge on any atom is 0.234 e. The number of para-hydroxylation sites is 1. The Labute approximate surface area is 151 Å². The molecule has 1 atom stereocenters. The summed E-state index contributed by atoms with van der Waals surface area (Å²) in [6.45, 7) is 4.29. The molecule has 0 spiro atoms. The van der Waals surface area contributed by atoms with Gasteiger partial charge in [0.25, 0.3) is 0 Å². The molecule has 0 aliphatic heterocycles. The molecule has 0 saturated heterocycles. The average Bonchev–Trinajstić information content (AvgIpc) is 2.54. The van der Waals surface area contributed by atoms with Crippen molar-refractivity contribution >= 4 is 46.6 Å². The highest BCUT2D eigenvalue weighted by Crippen LogP contribution is 2.34. The van der Waals surface area contributed by atoms with Crippen molar-refractivity contribution in [1.29, 1.82) is 0 Å². The Balaban J connectivity index is 2.03. The molecule has 0 heterocycles. The highest BCUT2D eigenvalue weighted by molar-refractivity contribution is 8.00. The Bertz CT molecular complexity index is 670. The minimum absolute atomic E-state index is 0.0678. The zero-order chi connectivity index (χ0) is 16.8. The number of halogens is 2. The van der Waals surface area contributed by atoms with E-state index in [1.807, 2.05) is 18.2 Å². The molecular formula is C18H19Cl2NOS. The first kappa shape index (κ1) is 18.2. The molecule has 0 unspecified atom stereocenters. The second kappa shape index (κ2) is 8.62. The molecular weight excluding hydrogens is 349 g/mol. The largest absolute Gasteiger partial charge is 0.325 e. The molecule has 0 aliphatic rings. The molecule has 0 fully saturated rings. The Hall–Kier alpha value is -1.16. The van der Waals surface area contributed by atoms with E-state index < -0.39 is 0 Å². The Morgan fingerprint density at radius 1 is 1.13 bits per heavy atom. The number of hydrogen-bond donors (Lipinski definition) is 1. The highest BCUT2D eigenvalue weighted by atomic mass is 35.5. The van der Waals surface area contributed by atoms with Gasteiger partial charge >= 0.3 is 0 Å². The van der Waals surface area contributed by atoms with Crippen LogP contribution < -0.4 is 5.32 Å². The van der Waals surface area contributed by atoms with Crippen LogP contribution in [0.5, 0.6) is 0 Å². The predicted octanol–water partition coefficient (Wildman–Crippen LogP) is 6.24. The van der Waals surface area contributed by atoms with E-state index >= 15 is 0 Å². The molecule has 1 N–H and O–H groups in total. The molecule has 122 valence electrons. The monoisotopic (exact) mass is 367 g/mol. The molecule has 2 aromatic carbocycles. The second-order valence-electron chi connectivity index (χ2n) is 5.28. The zero-order valence-corrected chi connectivity index (χ0v) is 15.4. The minimum atomic E-state index is -0.0678. The van der Waals surface area contributed by atoms with Gasteiger partial charge in [0.15, 0.2) is 0 Å². The summed E-state index contributed by atoms with van der Waals surface area (Å²) in [4.78, 5) is 13.0. The summed E-state index contributed by atoms with van der Waals surface area (Å²) < 4.78 is 0. The topological polar surface area (TPSA) is 29.1 Å². The molecule has 5 heteroatoms. The number of carbonyl (C=O) groups is 1. The molecule has 23 heavy (non-hydrogen) atoms. The van der Waals surface area contributed by atoms with Crippen LogP contribution in [0.2, 0.25) is 10.0 Å². The van der Waals surface area contributed by atoms with Crippen LogP contribution in [0.4, 0.5) is 5.69 Å². The van der Waals surface area contributed by atoms with Crippen LogP contribution in [-0.4, -0.2) is 11.7 Å². The summed E-state index contributed by atoms with van der Waals surface area (Å²) in [6, 6.07) is 13.2.